The van der Waals surface area contributed by atoms with Crippen molar-refractivity contribution in [2.24, 2.45) is 5.92 Å². The first-order valence-electron chi connectivity index (χ1n) is 10.9. The van der Waals surface area contributed by atoms with Gasteiger partial charge in [-0.15, -0.1) is 0 Å². The molecule has 4 rings (SSSR count). The van der Waals surface area contributed by atoms with Crippen LogP contribution in [0.25, 0.3) is 12.2 Å². The second kappa shape index (κ2) is 9.86. The van der Waals surface area contributed by atoms with Crippen LogP contribution in [0.1, 0.15) is 35.4 Å². The molecule has 0 bridgehead atoms. The Morgan fingerprint density at radius 2 is 1.91 bits per heavy atom. The maximum absolute atomic E-state index is 13.9. The minimum absolute atomic E-state index is 0.0335. The van der Waals surface area contributed by atoms with Crippen molar-refractivity contribution < 1.29 is 22.1 Å². The van der Waals surface area contributed by atoms with Crippen LogP contribution >= 0.6 is 0 Å². The van der Waals surface area contributed by atoms with E-state index in [9.17, 15) is 17.6 Å². The smallest absolute Gasteiger partial charge is 0.248 e. The summed E-state index contributed by atoms with van der Waals surface area (Å²) in [6, 6.07) is 9.77. The average molecular weight is 485 g/mol. The number of piperidine rings is 1. The first kappa shape index (κ1) is 23.8. The monoisotopic (exact) mass is 484 g/mol. The molecular formula is C24H25FN4O4S. The van der Waals surface area contributed by atoms with Crippen molar-refractivity contribution in [3.63, 3.8) is 0 Å². The van der Waals surface area contributed by atoms with Crippen molar-refractivity contribution in [3.8, 4) is 0 Å². The van der Waals surface area contributed by atoms with Gasteiger partial charge in [0.05, 0.1) is 0 Å². The molecule has 1 aromatic carbocycles. The van der Waals surface area contributed by atoms with E-state index >= 15 is 0 Å². The van der Waals surface area contributed by atoms with E-state index in [4.69, 9.17) is 4.52 Å². The van der Waals surface area contributed by atoms with Crippen molar-refractivity contribution in [3.05, 3.63) is 71.0 Å². The predicted octanol–water partition coefficient (Wildman–Crippen LogP) is 4.04. The number of sulfonamides is 1. The van der Waals surface area contributed by atoms with E-state index in [2.05, 4.69) is 15.5 Å². The van der Waals surface area contributed by atoms with Gasteiger partial charge in [-0.1, -0.05) is 23.4 Å². The Bertz CT molecular complexity index is 1330. The fourth-order valence-corrected chi connectivity index (χ4v) is 5.61. The second-order valence-corrected chi connectivity index (χ2v) is 10.1. The number of nitrogens with one attached hydrogen (secondary N) is 1. The number of aromatic nitrogens is 2. The van der Waals surface area contributed by atoms with Gasteiger partial charge in [0.2, 0.25) is 15.9 Å². The number of carbonyl (C=O) groups excluding carboxylic acids is 1. The number of hydrogen-bond acceptors (Lipinski definition) is 6. The van der Waals surface area contributed by atoms with E-state index < -0.39 is 15.8 Å². The van der Waals surface area contributed by atoms with E-state index in [0.29, 0.717) is 24.2 Å². The van der Waals surface area contributed by atoms with Crippen LogP contribution in [0.5, 0.6) is 0 Å². The number of halogens is 1. The highest BCUT2D eigenvalue weighted by molar-refractivity contribution is 7.89. The molecule has 34 heavy (non-hydrogen) atoms. The molecule has 10 heteroatoms. The quantitative estimate of drug-likeness (QED) is 0.566. The highest BCUT2D eigenvalue weighted by atomic mass is 32.2. The van der Waals surface area contributed by atoms with Gasteiger partial charge in [0.1, 0.15) is 17.3 Å². The number of amides is 1. The van der Waals surface area contributed by atoms with Gasteiger partial charge >= 0.3 is 0 Å². The zero-order valence-electron chi connectivity index (χ0n) is 18.9. The summed E-state index contributed by atoms with van der Waals surface area (Å²) >= 11 is 0. The average Bonchev–Trinajstić information content (AvgIpc) is 3.19. The van der Waals surface area contributed by atoms with Gasteiger partial charge in [0.15, 0.2) is 10.7 Å². The number of rotatable bonds is 6. The number of nitrogens with zero attached hydrogens (tertiary/aromatic N) is 3. The molecule has 3 heterocycles. The Morgan fingerprint density at radius 1 is 1.18 bits per heavy atom. The Labute approximate surface area is 197 Å². The second-order valence-electron chi connectivity index (χ2n) is 8.20. The molecule has 1 aliphatic rings. The molecule has 0 aliphatic carbocycles. The molecule has 1 aliphatic heterocycles. The van der Waals surface area contributed by atoms with Crippen molar-refractivity contribution >= 4 is 33.9 Å². The van der Waals surface area contributed by atoms with Gasteiger partial charge in [-0.25, -0.2) is 17.8 Å². The lowest BCUT2D eigenvalue weighted by atomic mass is 9.97. The summed E-state index contributed by atoms with van der Waals surface area (Å²) in [6.45, 7) is 3.82. The summed E-state index contributed by atoms with van der Waals surface area (Å²) in [4.78, 5) is 16.7. The fraction of sp³-hybridized carbons (Fsp3) is 0.292. The standard InChI is InChI=1S/C24H25FN4O4S/c1-16-9-12-26-22(15-16)27-24(30)19-10-13-29(14-11-19)34(31,32)23-17(2)28-33-21(23)8-7-18-5-3-4-6-20(18)25/h3-9,12,15,19H,10-11,13-14H2,1-2H3,(H,26,27,30). The van der Waals surface area contributed by atoms with E-state index in [-0.39, 0.29) is 41.3 Å². The Hall–Kier alpha value is -3.37. The van der Waals surface area contributed by atoms with Crippen molar-refractivity contribution in [1.82, 2.24) is 14.4 Å². The SMILES string of the molecule is Cc1ccnc(NC(=O)C2CCN(S(=O)(=O)c3c(C)noc3C=Cc3ccccc3F)CC2)c1. The first-order valence-corrected chi connectivity index (χ1v) is 12.3. The molecule has 0 atom stereocenters. The molecule has 0 unspecified atom stereocenters. The number of hydrogen-bond donors (Lipinski definition) is 1. The zero-order chi connectivity index (χ0) is 24.3. The zero-order valence-corrected chi connectivity index (χ0v) is 19.7. The Morgan fingerprint density at radius 3 is 2.62 bits per heavy atom. The van der Waals surface area contributed by atoms with E-state index in [1.54, 1.807) is 37.4 Å². The summed E-state index contributed by atoms with van der Waals surface area (Å²) in [5.74, 6) is -0.416. The summed E-state index contributed by atoms with van der Waals surface area (Å²) in [6.07, 6.45) is 5.23. The summed E-state index contributed by atoms with van der Waals surface area (Å²) in [5.41, 5.74) is 1.50. The largest absolute Gasteiger partial charge is 0.355 e. The predicted molar refractivity (Wildman–Crippen MR) is 126 cm³/mol. The minimum atomic E-state index is -3.92. The van der Waals surface area contributed by atoms with Gasteiger partial charge in [0.25, 0.3) is 0 Å². The van der Waals surface area contributed by atoms with Crippen LogP contribution in [-0.2, 0) is 14.8 Å². The Kier molecular flexibility index (Phi) is 6.90. The molecule has 0 spiro atoms. The summed E-state index contributed by atoms with van der Waals surface area (Å²) in [7, 11) is -3.92. The lowest BCUT2D eigenvalue weighted by molar-refractivity contribution is -0.120. The number of aryl methyl sites for hydroxylation is 2. The summed E-state index contributed by atoms with van der Waals surface area (Å²) in [5, 5.41) is 6.62. The first-order chi connectivity index (χ1) is 16.3. The van der Waals surface area contributed by atoms with Gasteiger partial charge in [-0.2, -0.15) is 4.31 Å². The third-order valence-electron chi connectivity index (χ3n) is 5.74. The van der Waals surface area contributed by atoms with Crippen molar-refractivity contribution in [2.75, 3.05) is 18.4 Å². The van der Waals surface area contributed by atoms with Crippen LogP contribution in [0, 0.1) is 25.6 Å². The molecule has 0 radical (unpaired) electrons. The van der Waals surface area contributed by atoms with Crippen LogP contribution in [0.15, 0.2) is 52.0 Å². The fourth-order valence-electron chi connectivity index (χ4n) is 3.89. The summed E-state index contributed by atoms with van der Waals surface area (Å²) < 4.78 is 47.3. The third-order valence-corrected chi connectivity index (χ3v) is 7.80. The molecule has 1 fully saturated rings. The maximum Gasteiger partial charge on any atom is 0.248 e. The molecule has 3 aromatic rings. The lowest BCUT2D eigenvalue weighted by Gasteiger charge is -2.30. The number of pyridine rings is 1. The highest BCUT2D eigenvalue weighted by Crippen LogP contribution is 2.29. The number of anilines is 1. The van der Waals surface area contributed by atoms with Crippen LogP contribution in [-0.4, -0.2) is 41.9 Å². The number of benzene rings is 1. The minimum Gasteiger partial charge on any atom is -0.355 e. The van der Waals surface area contributed by atoms with Crippen LogP contribution in [0.3, 0.4) is 0 Å². The molecule has 1 saturated heterocycles. The van der Waals surface area contributed by atoms with Gasteiger partial charge in [0, 0.05) is 30.8 Å². The molecule has 1 N–H and O–H groups in total. The number of carbonyl (C=O) groups is 1. The molecular weight excluding hydrogens is 459 g/mol. The molecule has 2 aromatic heterocycles. The normalized spacial score (nSPS) is 15.6. The van der Waals surface area contributed by atoms with Crippen molar-refractivity contribution in [2.45, 2.75) is 31.6 Å². The highest BCUT2D eigenvalue weighted by Gasteiger charge is 2.36. The molecule has 8 nitrogen and oxygen atoms in total. The topological polar surface area (TPSA) is 105 Å². The molecule has 1 amide bonds. The van der Waals surface area contributed by atoms with Gasteiger partial charge < -0.3 is 9.84 Å². The maximum atomic E-state index is 13.9. The van der Waals surface area contributed by atoms with E-state index in [0.717, 1.165) is 5.56 Å². The van der Waals surface area contributed by atoms with Crippen LogP contribution in [0.4, 0.5) is 10.2 Å². The van der Waals surface area contributed by atoms with Gasteiger partial charge in [-0.05, 0) is 62.6 Å². The molecule has 178 valence electrons. The third kappa shape index (κ3) is 5.07. The lowest BCUT2D eigenvalue weighted by Crippen LogP contribution is -2.41. The molecule has 0 saturated carbocycles. The van der Waals surface area contributed by atoms with Crippen LogP contribution in [0.2, 0.25) is 0 Å². The van der Waals surface area contributed by atoms with E-state index in [1.807, 2.05) is 13.0 Å². The van der Waals surface area contributed by atoms with Crippen LogP contribution < -0.4 is 5.32 Å². The Balaban J connectivity index is 1.46. The van der Waals surface area contributed by atoms with E-state index in [1.165, 1.54) is 22.5 Å². The van der Waals surface area contributed by atoms with Gasteiger partial charge in [-0.3, -0.25) is 4.79 Å². The van der Waals surface area contributed by atoms with Crippen molar-refractivity contribution in [1.29, 1.82) is 0 Å².